The topological polar surface area (TPSA) is 44.5 Å². The fraction of sp³-hybridized carbons (Fsp3) is 0.417. The third-order valence-electron chi connectivity index (χ3n) is 3.06. The second-order valence-electron chi connectivity index (χ2n) is 4.44. The van der Waals surface area contributed by atoms with Crippen molar-refractivity contribution in [2.45, 2.75) is 0 Å². The summed E-state index contributed by atoms with van der Waals surface area (Å²) in [7, 11) is 2.09. The highest BCUT2D eigenvalue weighted by atomic mass is 32.1. The quantitative estimate of drug-likeness (QED) is 0.790. The van der Waals surface area contributed by atoms with Gasteiger partial charge in [0, 0.05) is 26.2 Å². The zero-order valence-electron chi connectivity index (χ0n) is 10.3. The van der Waals surface area contributed by atoms with E-state index in [9.17, 15) is 4.39 Å². The lowest BCUT2D eigenvalue weighted by molar-refractivity contribution is 0.313. The fourth-order valence-corrected chi connectivity index (χ4v) is 2.17. The third-order valence-corrected chi connectivity index (χ3v) is 3.16. The molecule has 4 nitrogen and oxygen atoms in total. The van der Waals surface area contributed by atoms with Crippen molar-refractivity contribution in [3.8, 4) is 0 Å². The number of likely N-dealkylation sites (N-methyl/N-ethyl adjacent to an activating group) is 1. The molecule has 1 saturated heterocycles. The van der Waals surface area contributed by atoms with Crippen LogP contribution < -0.4 is 16.0 Å². The van der Waals surface area contributed by atoms with Crippen LogP contribution >= 0.6 is 12.2 Å². The van der Waals surface area contributed by atoms with E-state index in [1.165, 1.54) is 12.1 Å². The minimum atomic E-state index is -0.299. The Bertz CT molecular complexity index is 444. The van der Waals surface area contributed by atoms with E-state index < -0.39 is 0 Å². The Kier molecular flexibility index (Phi) is 3.98. The van der Waals surface area contributed by atoms with E-state index in [4.69, 9.17) is 18.0 Å². The first-order valence-corrected chi connectivity index (χ1v) is 6.26. The van der Waals surface area contributed by atoms with Crippen molar-refractivity contribution in [1.29, 1.82) is 0 Å². The van der Waals surface area contributed by atoms with Crippen molar-refractivity contribution in [3.05, 3.63) is 24.0 Å². The molecule has 1 aromatic carbocycles. The molecule has 1 aromatic rings. The molecule has 2 rings (SSSR count). The highest BCUT2D eigenvalue weighted by molar-refractivity contribution is 7.80. The van der Waals surface area contributed by atoms with Crippen LogP contribution in [0.5, 0.6) is 0 Å². The summed E-state index contributed by atoms with van der Waals surface area (Å²) >= 11 is 4.82. The molecule has 98 valence electrons. The number of nitrogens with two attached hydrogens (primary N) is 1. The maximum absolute atomic E-state index is 13.3. The highest BCUT2D eigenvalue weighted by Gasteiger charge is 2.17. The summed E-state index contributed by atoms with van der Waals surface area (Å²) in [6.07, 6.45) is 0. The van der Waals surface area contributed by atoms with Crippen LogP contribution in [0.25, 0.3) is 0 Å². The summed E-state index contributed by atoms with van der Waals surface area (Å²) < 4.78 is 13.3. The van der Waals surface area contributed by atoms with E-state index in [1.807, 2.05) is 0 Å². The van der Waals surface area contributed by atoms with E-state index >= 15 is 0 Å². The number of benzene rings is 1. The van der Waals surface area contributed by atoms with Gasteiger partial charge in [0.25, 0.3) is 0 Å². The smallest absolute Gasteiger partial charge is 0.168 e. The van der Waals surface area contributed by atoms with Gasteiger partial charge in [-0.1, -0.05) is 0 Å². The first kappa shape index (κ1) is 13.0. The molecule has 0 radical (unpaired) electrons. The van der Waals surface area contributed by atoms with Gasteiger partial charge < -0.3 is 20.9 Å². The van der Waals surface area contributed by atoms with Gasteiger partial charge in [0.2, 0.25) is 0 Å². The molecule has 0 saturated carbocycles. The first-order valence-electron chi connectivity index (χ1n) is 5.86. The third kappa shape index (κ3) is 3.08. The van der Waals surface area contributed by atoms with Gasteiger partial charge in [0.1, 0.15) is 5.82 Å². The van der Waals surface area contributed by atoms with E-state index in [0.29, 0.717) is 5.69 Å². The van der Waals surface area contributed by atoms with Gasteiger partial charge in [-0.3, -0.25) is 0 Å². The molecule has 1 fully saturated rings. The summed E-state index contributed by atoms with van der Waals surface area (Å²) in [5.74, 6) is -0.299. The van der Waals surface area contributed by atoms with Crippen LogP contribution in [0.1, 0.15) is 0 Å². The molecule has 0 amide bonds. The Morgan fingerprint density at radius 1 is 1.33 bits per heavy atom. The molecular weight excluding hydrogens is 251 g/mol. The van der Waals surface area contributed by atoms with Crippen molar-refractivity contribution in [2.24, 2.45) is 5.73 Å². The second kappa shape index (κ2) is 5.49. The zero-order valence-corrected chi connectivity index (χ0v) is 11.1. The van der Waals surface area contributed by atoms with Gasteiger partial charge in [-0.05, 0) is 37.5 Å². The van der Waals surface area contributed by atoms with E-state index in [0.717, 1.165) is 31.9 Å². The monoisotopic (exact) mass is 268 g/mol. The van der Waals surface area contributed by atoms with Crippen LogP contribution in [0.2, 0.25) is 0 Å². The predicted molar refractivity (Wildman–Crippen MR) is 76.5 cm³/mol. The molecule has 18 heavy (non-hydrogen) atoms. The molecule has 1 heterocycles. The van der Waals surface area contributed by atoms with Gasteiger partial charge in [0.05, 0.1) is 11.4 Å². The molecule has 0 spiro atoms. The van der Waals surface area contributed by atoms with Crippen molar-refractivity contribution in [2.75, 3.05) is 43.4 Å². The number of nitrogens with one attached hydrogen (secondary N) is 1. The number of anilines is 2. The van der Waals surface area contributed by atoms with E-state index in [-0.39, 0.29) is 10.9 Å². The Labute approximate surface area is 112 Å². The largest absolute Gasteiger partial charge is 0.376 e. The maximum atomic E-state index is 13.3. The lowest BCUT2D eigenvalue weighted by Crippen LogP contribution is -2.44. The standard InChI is InChI=1S/C12H17FN4S/c1-16-4-6-17(7-5-16)11-3-2-9(13)8-10(11)15-12(14)18/h2-3,8H,4-7H2,1H3,(H3,14,15,18). The number of nitrogens with zero attached hydrogens (tertiary/aromatic N) is 2. The summed E-state index contributed by atoms with van der Waals surface area (Å²) in [6, 6.07) is 4.65. The predicted octanol–water partition coefficient (Wildman–Crippen LogP) is 1.23. The van der Waals surface area contributed by atoms with Gasteiger partial charge in [-0.15, -0.1) is 0 Å². The first-order chi connectivity index (χ1) is 8.56. The molecule has 0 bridgehead atoms. The average molecular weight is 268 g/mol. The van der Waals surface area contributed by atoms with Crippen LogP contribution in [-0.2, 0) is 0 Å². The highest BCUT2D eigenvalue weighted by Crippen LogP contribution is 2.27. The van der Waals surface area contributed by atoms with Gasteiger partial charge in [-0.25, -0.2) is 4.39 Å². The Balaban J connectivity index is 2.23. The minimum Gasteiger partial charge on any atom is -0.376 e. The number of halogens is 1. The number of thiocarbonyl (C=S) groups is 1. The zero-order chi connectivity index (χ0) is 13.1. The number of hydrogen-bond donors (Lipinski definition) is 2. The van der Waals surface area contributed by atoms with Crippen molar-refractivity contribution < 1.29 is 4.39 Å². The molecule has 0 aromatic heterocycles. The number of hydrogen-bond acceptors (Lipinski definition) is 3. The molecule has 0 aliphatic carbocycles. The van der Waals surface area contributed by atoms with Crippen LogP contribution in [-0.4, -0.2) is 43.2 Å². The average Bonchev–Trinajstić information content (AvgIpc) is 2.30. The van der Waals surface area contributed by atoms with Crippen molar-refractivity contribution >= 4 is 28.7 Å². The van der Waals surface area contributed by atoms with E-state index in [2.05, 4.69) is 22.2 Å². The lowest BCUT2D eigenvalue weighted by atomic mass is 10.2. The summed E-state index contributed by atoms with van der Waals surface area (Å²) in [4.78, 5) is 4.47. The number of piperazine rings is 1. The SMILES string of the molecule is CN1CCN(c2ccc(F)cc2NC(N)=S)CC1. The van der Waals surface area contributed by atoms with Gasteiger partial charge in [0.15, 0.2) is 5.11 Å². The van der Waals surface area contributed by atoms with Gasteiger partial charge in [-0.2, -0.15) is 0 Å². The molecule has 1 aliphatic rings. The Morgan fingerprint density at radius 2 is 2.00 bits per heavy atom. The van der Waals surface area contributed by atoms with Crippen LogP contribution in [0.3, 0.4) is 0 Å². The summed E-state index contributed by atoms with van der Waals surface area (Å²) in [5.41, 5.74) is 7.04. The number of rotatable bonds is 2. The Hall–Kier alpha value is -1.40. The molecule has 6 heteroatoms. The normalized spacial score (nSPS) is 16.7. The van der Waals surface area contributed by atoms with Crippen molar-refractivity contribution in [3.63, 3.8) is 0 Å². The van der Waals surface area contributed by atoms with Crippen LogP contribution in [0, 0.1) is 5.82 Å². The molecule has 1 aliphatic heterocycles. The lowest BCUT2D eigenvalue weighted by Gasteiger charge is -2.35. The minimum absolute atomic E-state index is 0.149. The van der Waals surface area contributed by atoms with E-state index in [1.54, 1.807) is 6.07 Å². The molecule has 0 unspecified atom stereocenters. The summed E-state index contributed by atoms with van der Waals surface area (Å²) in [6.45, 7) is 3.80. The van der Waals surface area contributed by atoms with Crippen molar-refractivity contribution in [1.82, 2.24) is 4.90 Å². The molecular formula is C12H17FN4S. The van der Waals surface area contributed by atoms with Crippen LogP contribution in [0.15, 0.2) is 18.2 Å². The molecule has 3 N–H and O–H groups in total. The fourth-order valence-electron chi connectivity index (χ4n) is 2.06. The van der Waals surface area contributed by atoms with Crippen LogP contribution in [0.4, 0.5) is 15.8 Å². The molecule has 0 atom stereocenters. The maximum Gasteiger partial charge on any atom is 0.168 e. The van der Waals surface area contributed by atoms with Gasteiger partial charge >= 0.3 is 0 Å². The second-order valence-corrected chi connectivity index (χ2v) is 4.88. The summed E-state index contributed by atoms with van der Waals surface area (Å²) in [5, 5.41) is 2.99. The Morgan fingerprint density at radius 3 is 2.61 bits per heavy atom.